The SMILES string of the molecule is NC(CO)C(O)C1CCCCCCC1. The van der Waals surface area contributed by atoms with Gasteiger partial charge in [0.05, 0.1) is 18.8 Å². The smallest absolute Gasteiger partial charge is 0.0741 e. The van der Waals surface area contributed by atoms with E-state index >= 15 is 0 Å². The van der Waals surface area contributed by atoms with Crippen molar-refractivity contribution in [3.63, 3.8) is 0 Å². The van der Waals surface area contributed by atoms with Gasteiger partial charge in [0.1, 0.15) is 0 Å². The molecule has 0 aliphatic heterocycles. The molecule has 1 rings (SSSR count). The lowest BCUT2D eigenvalue weighted by atomic mass is 9.85. The third-order valence-corrected chi connectivity index (χ3v) is 3.28. The summed E-state index contributed by atoms with van der Waals surface area (Å²) in [5, 5.41) is 18.8. The fourth-order valence-corrected chi connectivity index (χ4v) is 2.29. The van der Waals surface area contributed by atoms with Gasteiger partial charge in [0, 0.05) is 0 Å². The van der Waals surface area contributed by atoms with E-state index in [-0.39, 0.29) is 6.61 Å². The Bertz CT molecular complexity index is 144. The summed E-state index contributed by atoms with van der Waals surface area (Å²) in [7, 11) is 0. The standard InChI is InChI=1S/C11H23NO2/c12-10(8-13)11(14)9-6-4-2-1-3-5-7-9/h9-11,13-14H,1-8,12H2. The highest BCUT2D eigenvalue weighted by molar-refractivity contribution is 4.79. The first-order valence-electron chi connectivity index (χ1n) is 5.80. The van der Waals surface area contributed by atoms with Crippen molar-refractivity contribution in [3.8, 4) is 0 Å². The maximum absolute atomic E-state index is 9.87. The number of hydrogen-bond donors (Lipinski definition) is 3. The Morgan fingerprint density at radius 2 is 1.57 bits per heavy atom. The van der Waals surface area contributed by atoms with Gasteiger partial charge in [-0.2, -0.15) is 0 Å². The Hall–Kier alpha value is -0.120. The van der Waals surface area contributed by atoms with Crippen LogP contribution in [0.25, 0.3) is 0 Å². The second-order valence-corrected chi connectivity index (χ2v) is 4.44. The minimum absolute atomic E-state index is 0.113. The molecule has 0 aromatic carbocycles. The Labute approximate surface area is 86.3 Å². The molecule has 84 valence electrons. The van der Waals surface area contributed by atoms with Crippen LogP contribution in [0, 0.1) is 5.92 Å². The third kappa shape index (κ3) is 3.56. The van der Waals surface area contributed by atoms with Gasteiger partial charge in [-0.3, -0.25) is 0 Å². The molecule has 1 fully saturated rings. The third-order valence-electron chi connectivity index (χ3n) is 3.28. The van der Waals surface area contributed by atoms with Crippen LogP contribution in [-0.2, 0) is 0 Å². The zero-order valence-corrected chi connectivity index (χ0v) is 8.86. The fourth-order valence-electron chi connectivity index (χ4n) is 2.29. The van der Waals surface area contributed by atoms with Crippen LogP contribution in [0.2, 0.25) is 0 Å². The summed E-state index contributed by atoms with van der Waals surface area (Å²) in [5.41, 5.74) is 5.64. The molecule has 1 saturated carbocycles. The van der Waals surface area contributed by atoms with Gasteiger partial charge in [0.25, 0.3) is 0 Å². The maximum Gasteiger partial charge on any atom is 0.0741 e. The van der Waals surface area contributed by atoms with Crippen molar-refractivity contribution in [1.29, 1.82) is 0 Å². The van der Waals surface area contributed by atoms with Gasteiger partial charge < -0.3 is 15.9 Å². The monoisotopic (exact) mass is 201 g/mol. The summed E-state index contributed by atoms with van der Waals surface area (Å²) in [6.45, 7) is -0.113. The summed E-state index contributed by atoms with van der Waals surface area (Å²) in [6.07, 6.45) is 7.88. The molecule has 2 atom stereocenters. The molecule has 0 bridgehead atoms. The largest absolute Gasteiger partial charge is 0.395 e. The molecule has 0 aromatic heterocycles. The van der Waals surface area contributed by atoms with Gasteiger partial charge in [-0.15, -0.1) is 0 Å². The fraction of sp³-hybridized carbons (Fsp3) is 1.00. The average molecular weight is 201 g/mol. The molecule has 1 aliphatic carbocycles. The van der Waals surface area contributed by atoms with Gasteiger partial charge in [-0.1, -0.05) is 32.1 Å². The second kappa shape index (κ2) is 6.38. The van der Waals surface area contributed by atoms with Crippen molar-refractivity contribution < 1.29 is 10.2 Å². The highest BCUT2D eigenvalue weighted by Crippen LogP contribution is 2.25. The highest BCUT2D eigenvalue weighted by atomic mass is 16.3. The van der Waals surface area contributed by atoms with Gasteiger partial charge in [0.2, 0.25) is 0 Å². The predicted octanol–water partition coefficient (Wildman–Crippen LogP) is 1.03. The highest BCUT2D eigenvalue weighted by Gasteiger charge is 2.24. The van der Waals surface area contributed by atoms with Crippen molar-refractivity contribution in [1.82, 2.24) is 0 Å². The van der Waals surface area contributed by atoms with Gasteiger partial charge >= 0.3 is 0 Å². The van der Waals surface area contributed by atoms with E-state index < -0.39 is 12.1 Å². The van der Waals surface area contributed by atoms with Crippen LogP contribution in [0.1, 0.15) is 44.9 Å². The van der Waals surface area contributed by atoms with Crippen LogP contribution in [0.3, 0.4) is 0 Å². The number of aliphatic hydroxyl groups excluding tert-OH is 2. The first kappa shape index (κ1) is 12.0. The lowest BCUT2D eigenvalue weighted by molar-refractivity contribution is 0.0473. The van der Waals surface area contributed by atoms with Crippen LogP contribution in [0.15, 0.2) is 0 Å². The topological polar surface area (TPSA) is 66.5 Å². The molecule has 0 heterocycles. The number of aliphatic hydroxyl groups is 2. The Morgan fingerprint density at radius 3 is 2.07 bits per heavy atom. The lowest BCUT2D eigenvalue weighted by Crippen LogP contribution is -2.42. The number of rotatable bonds is 3. The molecule has 14 heavy (non-hydrogen) atoms. The summed E-state index contributed by atoms with van der Waals surface area (Å²) >= 11 is 0. The normalized spacial score (nSPS) is 25.1. The van der Waals surface area contributed by atoms with E-state index in [2.05, 4.69) is 0 Å². The van der Waals surface area contributed by atoms with E-state index in [4.69, 9.17) is 10.8 Å². The lowest BCUT2D eigenvalue weighted by Gasteiger charge is -2.28. The van der Waals surface area contributed by atoms with Crippen molar-refractivity contribution in [2.75, 3.05) is 6.61 Å². The Morgan fingerprint density at radius 1 is 1.07 bits per heavy atom. The van der Waals surface area contributed by atoms with Gasteiger partial charge in [0.15, 0.2) is 0 Å². The van der Waals surface area contributed by atoms with Crippen molar-refractivity contribution in [3.05, 3.63) is 0 Å². The molecule has 0 radical (unpaired) electrons. The van der Waals surface area contributed by atoms with Crippen molar-refractivity contribution >= 4 is 0 Å². The van der Waals surface area contributed by atoms with E-state index in [1.165, 1.54) is 32.1 Å². The molecule has 1 aliphatic rings. The number of hydrogen-bond acceptors (Lipinski definition) is 3. The molecule has 2 unspecified atom stereocenters. The van der Waals surface area contributed by atoms with Crippen LogP contribution in [0.5, 0.6) is 0 Å². The second-order valence-electron chi connectivity index (χ2n) is 4.44. The summed E-state index contributed by atoms with van der Waals surface area (Å²) < 4.78 is 0. The van der Waals surface area contributed by atoms with Crippen LogP contribution in [0.4, 0.5) is 0 Å². The van der Waals surface area contributed by atoms with E-state index in [0.717, 1.165) is 12.8 Å². The van der Waals surface area contributed by atoms with Crippen LogP contribution in [-0.4, -0.2) is 29.0 Å². The number of nitrogens with two attached hydrogens (primary N) is 1. The molecular weight excluding hydrogens is 178 g/mol. The van der Waals surface area contributed by atoms with E-state index in [9.17, 15) is 5.11 Å². The van der Waals surface area contributed by atoms with E-state index in [1.807, 2.05) is 0 Å². The molecule has 3 heteroatoms. The first-order chi connectivity index (χ1) is 6.75. The zero-order chi connectivity index (χ0) is 10.4. The molecule has 0 spiro atoms. The van der Waals surface area contributed by atoms with E-state index in [0.29, 0.717) is 5.92 Å². The molecule has 0 saturated heterocycles. The van der Waals surface area contributed by atoms with E-state index in [1.54, 1.807) is 0 Å². The first-order valence-corrected chi connectivity index (χ1v) is 5.80. The quantitative estimate of drug-likeness (QED) is 0.639. The average Bonchev–Trinajstić information content (AvgIpc) is 2.15. The minimum atomic E-state index is -0.516. The van der Waals surface area contributed by atoms with Crippen molar-refractivity contribution in [2.24, 2.45) is 11.7 Å². The van der Waals surface area contributed by atoms with Crippen LogP contribution >= 0.6 is 0 Å². The molecule has 3 nitrogen and oxygen atoms in total. The Balaban J connectivity index is 2.38. The molecular formula is C11H23NO2. The summed E-state index contributed by atoms with van der Waals surface area (Å²) in [4.78, 5) is 0. The summed E-state index contributed by atoms with van der Waals surface area (Å²) in [6, 6.07) is -0.459. The molecule has 0 amide bonds. The zero-order valence-electron chi connectivity index (χ0n) is 8.86. The molecule has 0 aromatic rings. The summed E-state index contributed by atoms with van der Waals surface area (Å²) in [5.74, 6) is 0.303. The Kier molecular flexibility index (Phi) is 5.45. The van der Waals surface area contributed by atoms with Gasteiger partial charge in [-0.25, -0.2) is 0 Å². The van der Waals surface area contributed by atoms with Gasteiger partial charge in [-0.05, 0) is 18.8 Å². The van der Waals surface area contributed by atoms with Crippen molar-refractivity contribution in [2.45, 2.75) is 57.1 Å². The minimum Gasteiger partial charge on any atom is -0.395 e. The predicted molar refractivity (Wildman–Crippen MR) is 56.9 cm³/mol. The molecule has 4 N–H and O–H groups in total. The maximum atomic E-state index is 9.87. The van der Waals surface area contributed by atoms with Crippen LogP contribution < -0.4 is 5.73 Å².